The zero-order valence-corrected chi connectivity index (χ0v) is 13.1. The van der Waals surface area contributed by atoms with Crippen LogP contribution in [0.15, 0.2) is 18.2 Å². The molecule has 1 aromatic rings. The summed E-state index contributed by atoms with van der Waals surface area (Å²) in [7, 11) is 1.58. The van der Waals surface area contributed by atoms with Crippen molar-refractivity contribution in [3.05, 3.63) is 18.2 Å². The second kappa shape index (κ2) is 6.80. The van der Waals surface area contributed by atoms with Crippen molar-refractivity contribution in [2.75, 3.05) is 31.2 Å². The predicted molar refractivity (Wildman–Crippen MR) is 85.5 cm³/mol. The first kappa shape index (κ1) is 15.6. The van der Waals surface area contributed by atoms with Gasteiger partial charge in [0, 0.05) is 5.69 Å². The fourth-order valence-corrected chi connectivity index (χ4v) is 2.94. The molecule has 0 bridgehead atoms. The second-order valence-electron chi connectivity index (χ2n) is 5.88. The van der Waals surface area contributed by atoms with Crippen LogP contribution in [-0.2, 0) is 4.79 Å². The van der Waals surface area contributed by atoms with Crippen LogP contribution in [0.5, 0.6) is 5.75 Å². The summed E-state index contributed by atoms with van der Waals surface area (Å²) in [6, 6.07) is 5.23. The number of nitrogens with one attached hydrogen (secondary N) is 1. The molecule has 5 heteroatoms. The quantitative estimate of drug-likeness (QED) is 0.817. The lowest BCUT2D eigenvalue weighted by atomic mass is 10.0. The zero-order chi connectivity index (χ0) is 15.4. The molecule has 1 heterocycles. The van der Waals surface area contributed by atoms with Gasteiger partial charge in [0.2, 0.25) is 5.91 Å². The minimum atomic E-state index is -0.0872. The maximum atomic E-state index is 12.6. The molecule has 0 saturated carbocycles. The Morgan fingerprint density at radius 3 is 2.52 bits per heavy atom. The number of nitrogens with zero attached hydrogens (tertiary/aromatic N) is 1. The number of amides is 1. The van der Waals surface area contributed by atoms with Crippen molar-refractivity contribution in [2.24, 2.45) is 5.92 Å². The molecule has 0 aromatic heterocycles. The fourth-order valence-electron chi connectivity index (χ4n) is 2.94. The summed E-state index contributed by atoms with van der Waals surface area (Å²) < 4.78 is 5.13. The van der Waals surface area contributed by atoms with Gasteiger partial charge in [-0.3, -0.25) is 9.69 Å². The van der Waals surface area contributed by atoms with E-state index in [2.05, 4.69) is 24.1 Å². The Kier molecular flexibility index (Phi) is 5.07. The molecule has 0 spiro atoms. The summed E-state index contributed by atoms with van der Waals surface area (Å²) in [6.07, 6.45) is 2.35. The lowest BCUT2D eigenvalue weighted by Gasteiger charge is -2.29. The third-order valence-corrected chi connectivity index (χ3v) is 3.93. The number of carbonyl (C=O) groups excluding carboxylic acids is 1. The zero-order valence-electron chi connectivity index (χ0n) is 13.1. The molecule has 1 aromatic carbocycles. The second-order valence-corrected chi connectivity index (χ2v) is 5.88. The van der Waals surface area contributed by atoms with Crippen LogP contribution in [0.1, 0.15) is 26.7 Å². The first-order chi connectivity index (χ1) is 10.0. The first-order valence-corrected chi connectivity index (χ1v) is 7.51. The average Bonchev–Trinajstić information content (AvgIpc) is 2.92. The normalized spacial score (nSPS) is 17.0. The Morgan fingerprint density at radius 2 is 2.00 bits per heavy atom. The van der Waals surface area contributed by atoms with Crippen molar-refractivity contribution in [3.8, 4) is 5.75 Å². The number of nitrogen functional groups attached to an aromatic ring is 1. The summed E-state index contributed by atoms with van der Waals surface area (Å²) in [6.45, 7) is 6.18. The maximum absolute atomic E-state index is 12.6. The molecule has 116 valence electrons. The van der Waals surface area contributed by atoms with Crippen molar-refractivity contribution < 1.29 is 9.53 Å². The number of rotatable bonds is 5. The largest absolute Gasteiger partial charge is 0.495 e. The summed E-state index contributed by atoms with van der Waals surface area (Å²) >= 11 is 0. The van der Waals surface area contributed by atoms with E-state index in [0.29, 0.717) is 17.1 Å². The SMILES string of the molecule is COc1ccc(NC(=O)C(C(C)C)N2CCCC2)cc1N. The highest BCUT2D eigenvalue weighted by atomic mass is 16.5. The summed E-state index contributed by atoms with van der Waals surface area (Å²) in [5.41, 5.74) is 7.12. The Balaban J connectivity index is 2.09. The Hall–Kier alpha value is -1.75. The van der Waals surface area contributed by atoms with E-state index in [0.717, 1.165) is 13.1 Å². The molecule has 1 fully saturated rings. The number of ether oxygens (including phenoxy) is 1. The van der Waals surface area contributed by atoms with Gasteiger partial charge in [-0.1, -0.05) is 13.8 Å². The molecule has 5 nitrogen and oxygen atoms in total. The van der Waals surface area contributed by atoms with E-state index in [9.17, 15) is 4.79 Å². The van der Waals surface area contributed by atoms with Gasteiger partial charge in [-0.2, -0.15) is 0 Å². The van der Waals surface area contributed by atoms with Crippen LogP contribution in [0.2, 0.25) is 0 Å². The van der Waals surface area contributed by atoms with Crippen molar-refractivity contribution >= 4 is 17.3 Å². The minimum absolute atomic E-state index is 0.0384. The van der Waals surface area contributed by atoms with Gasteiger partial charge in [-0.15, -0.1) is 0 Å². The highest BCUT2D eigenvalue weighted by molar-refractivity contribution is 5.95. The molecule has 1 unspecified atom stereocenters. The van der Waals surface area contributed by atoms with E-state index in [4.69, 9.17) is 10.5 Å². The van der Waals surface area contributed by atoms with E-state index in [1.165, 1.54) is 12.8 Å². The lowest BCUT2D eigenvalue weighted by molar-refractivity contribution is -0.122. The molecule has 3 N–H and O–H groups in total. The van der Waals surface area contributed by atoms with Crippen molar-refractivity contribution in [3.63, 3.8) is 0 Å². The van der Waals surface area contributed by atoms with Crippen molar-refractivity contribution in [2.45, 2.75) is 32.7 Å². The highest BCUT2D eigenvalue weighted by Gasteiger charge is 2.30. The third-order valence-electron chi connectivity index (χ3n) is 3.93. The van der Waals surface area contributed by atoms with Gasteiger partial charge >= 0.3 is 0 Å². The number of anilines is 2. The number of nitrogens with two attached hydrogens (primary N) is 1. The van der Waals surface area contributed by atoms with Gasteiger partial charge in [0.25, 0.3) is 0 Å². The van der Waals surface area contributed by atoms with Crippen LogP contribution in [0.4, 0.5) is 11.4 Å². The Labute approximate surface area is 126 Å². The van der Waals surface area contributed by atoms with Crippen molar-refractivity contribution in [1.82, 2.24) is 4.90 Å². The van der Waals surface area contributed by atoms with E-state index < -0.39 is 0 Å². The van der Waals surface area contributed by atoms with E-state index >= 15 is 0 Å². The molecular formula is C16H25N3O2. The molecule has 0 radical (unpaired) electrons. The van der Waals surface area contributed by atoms with Gasteiger partial charge in [0.1, 0.15) is 5.75 Å². The summed E-state index contributed by atoms with van der Waals surface area (Å²) in [5, 5.41) is 2.98. The highest BCUT2D eigenvalue weighted by Crippen LogP contribution is 2.25. The molecule has 1 amide bonds. The van der Waals surface area contributed by atoms with Gasteiger partial charge in [0.15, 0.2) is 0 Å². The Bertz CT molecular complexity index is 496. The van der Waals surface area contributed by atoms with Crippen LogP contribution in [0.3, 0.4) is 0 Å². The van der Waals surface area contributed by atoms with Gasteiger partial charge < -0.3 is 15.8 Å². The maximum Gasteiger partial charge on any atom is 0.241 e. The molecule has 1 saturated heterocycles. The summed E-state index contributed by atoms with van der Waals surface area (Å²) in [4.78, 5) is 14.9. The number of benzene rings is 1. The number of hydrogen-bond donors (Lipinski definition) is 2. The van der Waals surface area contributed by atoms with E-state index in [1.54, 1.807) is 19.2 Å². The van der Waals surface area contributed by atoms with Crippen LogP contribution in [0.25, 0.3) is 0 Å². The number of hydrogen-bond acceptors (Lipinski definition) is 4. The topological polar surface area (TPSA) is 67.6 Å². The Morgan fingerprint density at radius 1 is 1.33 bits per heavy atom. The number of methoxy groups -OCH3 is 1. The van der Waals surface area contributed by atoms with Gasteiger partial charge in [-0.05, 0) is 50.0 Å². The van der Waals surface area contributed by atoms with Crippen LogP contribution in [-0.4, -0.2) is 37.0 Å². The van der Waals surface area contributed by atoms with Gasteiger partial charge in [-0.25, -0.2) is 0 Å². The van der Waals surface area contributed by atoms with E-state index in [-0.39, 0.29) is 17.9 Å². The predicted octanol–water partition coefficient (Wildman–Crippen LogP) is 2.34. The monoisotopic (exact) mass is 291 g/mol. The molecule has 1 aliphatic rings. The third kappa shape index (κ3) is 3.67. The summed E-state index contributed by atoms with van der Waals surface area (Å²) in [5.74, 6) is 0.933. The average molecular weight is 291 g/mol. The molecule has 1 aliphatic heterocycles. The lowest BCUT2D eigenvalue weighted by Crippen LogP contribution is -2.46. The fraction of sp³-hybridized carbons (Fsp3) is 0.562. The standard InChI is InChI=1S/C16H25N3O2/c1-11(2)15(19-8-4-5-9-19)16(20)18-12-6-7-14(21-3)13(17)10-12/h6-7,10-11,15H,4-5,8-9,17H2,1-3H3,(H,18,20). The number of carbonyl (C=O) groups is 1. The van der Waals surface area contributed by atoms with Gasteiger partial charge in [0.05, 0.1) is 18.8 Å². The molecule has 21 heavy (non-hydrogen) atoms. The van der Waals surface area contributed by atoms with Crippen LogP contribution in [0, 0.1) is 5.92 Å². The first-order valence-electron chi connectivity index (χ1n) is 7.51. The van der Waals surface area contributed by atoms with Crippen molar-refractivity contribution in [1.29, 1.82) is 0 Å². The number of likely N-dealkylation sites (tertiary alicyclic amines) is 1. The molecule has 1 atom stereocenters. The minimum Gasteiger partial charge on any atom is -0.495 e. The smallest absolute Gasteiger partial charge is 0.241 e. The molecular weight excluding hydrogens is 266 g/mol. The molecule has 2 rings (SSSR count). The van der Waals surface area contributed by atoms with E-state index in [1.807, 2.05) is 6.07 Å². The molecule has 0 aliphatic carbocycles. The van der Waals surface area contributed by atoms with Crippen LogP contribution < -0.4 is 15.8 Å². The van der Waals surface area contributed by atoms with Crippen LogP contribution >= 0.6 is 0 Å².